The molecule has 2 atom stereocenters. The summed E-state index contributed by atoms with van der Waals surface area (Å²) in [5, 5.41) is 0.629. The number of halogens is 1. The van der Waals surface area contributed by atoms with Crippen LogP contribution in [-0.4, -0.2) is 33.9 Å². The second-order valence-corrected chi connectivity index (χ2v) is 12.3. The summed E-state index contributed by atoms with van der Waals surface area (Å²) in [5.41, 5.74) is 3.90. The van der Waals surface area contributed by atoms with Gasteiger partial charge in [0.15, 0.2) is 0 Å². The summed E-state index contributed by atoms with van der Waals surface area (Å²) in [7, 11) is 0. The van der Waals surface area contributed by atoms with Crippen LogP contribution in [0.3, 0.4) is 0 Å². The van der Waals surface area contributed by atoms with Crippen LogP contribution in [-0.2, 0) is 9.59 Å². The number of hydrogen-bond acceptors (Lipinski definition) is 2. The van der Waals surface area contributed by atoms with Crippen molar-refractivity contribution in [2.24, 2.45) is 11.3 Å². The summed E-state index contributed by atoms with van der Waals surface area (Å²) in [6, 6.07) is 19.6. The van der Waals surface area contributed by atoms with Crippen LogP contribution >= 0.6 is 11.6 Å². The second kappa shape index (κ2) is 10.0. The Morgan fingerprint density at radius 3 is 2.43 bits per heavy atom. The monoisotopic (exact) mass is 517 g/mol. The Hall–Kier alpha value is -3.05. The molecule has 2 aliphatic rings. The number of carbonyl (C=O) groups excluding carboxylic acids is 2. The quantitative estimate of drug-likeness (QED) is 0.338. The van der Waals surface area contributed by atoms with Crippen LogP contribution in [0.4, 0.5) is 5.69 Å². The molecule has 1 aliphatic heterocycles. The van der Waals surface area contributed by atoms with E-state index in [9.17, 15) is 9.59 Å². The molecule has 0 bridgehead atoms. The Morgan fingerprint density at radius 1 is 1.03 bits per heavy atom. The largest absolute Gasteiger partial charge is 0.330 e. The summed E-state index contributed by atoms with van der Waals surface area (Å²) in [5.74, 6) is 0.274. The fraction of sp³-hybridized carbons (Fsp3) is 0.419. The molecule has 3 aromatic rings. The summed E-state index contributed by atoms with van der Waals surface area (Å²) >= 11 is 6.40. The fourth-order valence-electron chi connectivity index (χ4n) is 5.82. The standard InChI is InChI=1S/C31H36ClN3O2/c1-21(19-31(2,3)4)17-28(36)34(24-14-15-24)20-29(37)35-26-12-6-5-11-25(26)33-16-8-13-27(33)30(35)22-9-7-10-23(32)18-22/h5-13,16,18,21,24,30H,14-15,17,19-20H2,1-4H3/t21-,30-/m0/s1. The van der Waals surface area contributed by atoms with Crippen LogP contribution in [0.2, 0.25) is 5.02 Å². The summed E-state index contributed by atoms with van der Waals surface area (Å²) in [6.45, 7) is 8.83. The molecule has 194 valence electrons. The van der Waals surface area contributed by atoms with Crippen LogP contribution in [0.15, 0.2) is 66.9 Å². The van der Waals surface area contributed by atoms with E-state index >= 15 is 0 Å². The Labute approximate surface area is 225 Å². The molecule has 1 fully saturated rings. The smallest absolute Gasteiger partial charge is 0.247 e. The van der Waals surface area contributed by atoms with E-state index in [1.165, 1.54) is 0 Å². The fourth-order valence-corrected chi connectivity index (χ4v) is 6.01. The summed E-state index contributed by atoms with van der Waals surface area (Å²) in [4.78, 5) is 31.4. The minimum absolute atomic E-state index is 0.0754. The van der Waals surface area contributed by atoms with E-state index in [0.29, 0.717) is 11.4 Å². The predicted octanol–water partition coefficient (Wildman–Crippen LogP) is 7.02. The first-order valence-electron chi connectivity index (χ1n) is 13.3. The molecular weight excluding hydrogens is 482 g/mol. The van der Waals surface area contributed by atoms with Crippen LogP contribution < -0.4 is 4.90 Å². The molecule has 2 aromatic carbocycles. The molecule has 6 heteroatoms. The predicted molar refractivity (Wildman–Crippen MR) is 149 cm³/mol. The highest BCUT2D eigenvalue weighted by Gasteiger charge is 2.40. The molecule has 5 nitrogen and oxygen atoms in total. The van der Waals surface area contributed by atoms with Crippen molar-refractivity contribution in [2.45, 2.75) is 65.5 Å². The highest BCUT2D eigenvalue weighted by atomic mass is 35.5. The maximum atomic E-state index is 14.2. The SMILES string of the molecule is C[C@@H](CC(=O)N(CC(=O)N1c2ccccc2-n2cccc2[C@@H]1c1cccc(Cl)c1)C1CC1)CC(C)(C)C. The zero-order valence-electron chi connectivity index (χ0n) is 22.2. The van der Waals surface area contributed by atoms with Gasteiger partial charge in [-0.15, -0.1) is 0 Å². The van der Waals surface area contributed by atoms with E-state index in [4.69, 9.17) is 11.6 Å². The third-order valence-electron chi connectivity index (χ3n) is 7.25. The second-order valence-electron chi connectivity index (χ2n) is 11.8. The zero-order chi connectivity index (χ0) is 26.3. The molecule has 5 rings (SSSR count). The van der Waals surface area contributed by atoms with Gasteiger partial charge in [0.25, 0.3) is 0 Å². The summed E-state index contributed by atoms with van der Waals surface area (Å²) in [6.07, 6.45) is 5.40. The van der Waals surface area contributed by atoms with Gasteiger partial charge in [-0.2, -0.15) is 0 Å². The highest BCUT2D eigenvalue weighted by Crippen LogP contribution is 2.43. The van der Waals surface area contributed by atoms with Crippen molar-refractivity contribution >= 4 is 29.1 Å². The van der Waals surface area contributed by atoms with Gasteiger partial charge in [-0.3, -0.25) is 14.5 Å². The highest BCUT2D eigenvalue weighted by molar-refractivity contribution is 6.30. The van der Waals surface area contributed by atoms with Gasteiger partial charge in [0.05, 0.1) is 17.1 Å². The molecule has 1 saturated carbocycles. The van der Waals surface area contributed by atoms with Crippen LogP contribution in [0.5, 0.6) is 0 Å². The van der Waals surface area contributed by atoms with Gasteiger partial charge in [0.1, 0.15) is 12.6 Å². The van der Waals surface area contributed by atoms with Gasteiger partial charge >= 0.3 is 0 Å². The molecule has 37 heavy (non-hydrogen) atoms. The zero-order valence-corrected chi connectivity index (χ0v) is 22.9. The lowest BCUT2D eigenvalue weighted by Crippen LogP contribution is -2.47. The van der Waals surface area contributed by atoms with Crippen molar-refractivity contribution in [2.75, 3.05) is 11.4 Å². The first kappa shape index (κ1) is 25.6. The normalized spacial score (nSPS) is 17.6. The minimum Gasteiger partial charge on any atom is -0.330 e. The number of carbonyl (C=O) groups is 2. The van der Waals surface area contributed by atoms with E-state index < -0.39 is 0 Å². The molecule has 0 N–H and O–H groups in total. The number of benzene rings is 2. The Balaban J connectivity index is 1.48. The first-order chi connectivity index (χ1) is 17.6. The van der Waals surface area contributed by atoms with E-state index in [2.05, 4.69) is 38.3 Å². The molecule has 0 unspecified atom stereocenters. The number of hydrogen-bond donors (Lipinski definition) is 0. The lowest BCUT2D eigenvalue weighted by Gasteiger charge is -2.39. The van der Waals surface area contributed by atoms with Crippen molar-refractivity contribution in [3.8, 4) is 5.69 Å². The lowest BCUT2D eigenvalue weighted by atomic mass is 9.84. The molecule has 0 saturated heterocycles. The van der Waals surface area contributed by atoms with Gasteiger partial charge in [-0.1, -0.05) is 63.6 Å². The molecule has 1 aliphatic carbocycles. The Bertz CT molecular complexity index is 1300. The minimum atomic E-state index is -0.341. The molecule has 0 spiro atoms. The Morgan fingerprint density at radius 2 is 1.76 bits per heavy atom. The van der Waals surface area contributed by atoms with Crippen LogP contribution in [0, 0.1) is 11.3 Å². The third kappa shape index (κ3) is 5.47. The number of rotatable bonds is 7. The van der Waals surface area contributed by atoms with E-state index in [-0.39, 0.29) is 41.8 Å². The van der Waals surface area contributed by atoms with E-state index in [0.717, 1.165) is 41.9 Å². The average Bonchev–Trinajstić information content (AvgIpc) is 3.55. The summed E-state index contributed by atoms with van der Waals surface area (Å²) < 4.78 is 2.14. The lowest BCUT2D eigenvalue weighted by molar-refractivity contribution is -0.136. The average molecular weight is 518 g/mol. The van der Waals surface area contributed by atoms with Gasteiger partial charge < -0.3 is 9.47 Å². The number of amides is 2. The Kier molecular flexibility index (Phi) is 6.93. The number of fused-ring (bicyclic) bond motifs is 3. The van der Waals surface area contributed by atoms with Crippen molar-refractivity contribution < 1.29 is 9.59 Å². The van der Waals surface area contributed by atoms with Crippen LogP contribution in [0.25, 0.3) is 5.69 Å². The molecular formula is C31H36ClN3O2. The van der Waals surface area contributed by atoms with E-state index in [1.807, 2.05) is 70.6 Å². The number of para-hydroxylation sites is 2. The van der Waals surface area contributed by atoms with Gasteiger partial charge in [0.2, 0.25) is 11.8 Å². The third-order valence-corrected chi connectivity index (χ3v) is 7.49. The van der Waals surface area contributed by atoms with E-state index in [1.54, 1.807) is 0 Å². The van der Waals surface area contributed by atoms with Crippen molar-refractivity contribution in [3.63, 3.8) is 0 Å². The molecule has 2 heterocycles. The van der Waals surface area contributed by atoms with Crippen molar-refractivity contribution in [1.29, 1.82) is 0 Å². The molecule has 0 radical (unpaired) electrons. The molecule has 2 amide bonds. The number of nitrogens with zero attached hydrogens (tertiary/aromatic N) is 3. The number of anilines is 1. The number of aromatic nitrogens is 1. The van der Waals surface area contributed by atoms with Crippen molar-refractivity contribution in [3.05, 3.63) is 83.1 Å². The topological polar surface area (TPSA) is 45.6 Å². The van der Waals surface area contributed by atoms with Gasteiger partial charge in [0, 0.05) is 23.7 Å². The molecule has 1 aromatic heterocycles. The maximum Gasteiger partial charge on any atom is 0.247 e. The van der Waals surface area contributed by atoms with Gasteiger partial charge in [-0.25, -0.2) is 0 Å². The van der Waals surface area contributed by atoms with Crippen molar-refractivity contribution in [1.82, 2.24) is 9.47 Å². The maximum absolute atomic E-state index is 14.2. The van der Waals surface area contributed by atoms with Gasteiger partial charge in [-0.05, 0) is 72.6 Å². The van der Waals surface area contributed by atoms with Crippen LogP contribution in [0.1, 0.15) is 70.7 Å². The first-order valence-corrected chi connectivity index (χ1v) is 13.6.